The maximum Gasteiger partial charge on any atom is 0.227 e. The molecule has 1 aliphatic rings. The number of carbonyl (C=O) groups excluding carboxylic acids is 1. The second-order valence-electron chi connectivity index (χ2n) is 5.53. The lowest BCUT2D eigenvalue weighted by Crippen LogP contribution is -2.38. The molecule has 0 unspecified atom stereocenters. The van der Waals surface area contributed by atoms with Gasteiger partial charge in [-0.15, -0.1) is 0 Å². The van der Waals surface area contributed by atoms with Gasteiger partial charge in [0.2, 0.25) is 5.91 Å². The van der Waals surface area contributed by atoms with Crippen LogP contribution >= 0.6 is 0 Å². The Kier molecular flexibility index (Phi) is 5.44. The lowest BCUT2D eigenvalue weighted by molar-refractivity contribution is -0.134. The van der Waals surface area contributed by atoms with Crippen LogP contribution in [0.15, 0.2) is 24.3 Å². The van der Waals surface area contributed by atoms with E-state index in [9.17, 15) is 4.79 Å². The number of ether oxygens (including phenoxy) is 2. The molecule has 5 nitrogen and oxygen atoms in total. The molecule has 0 spiro atoms. The lowest BCUT2D eigenvalue weighted by atomic mass is 9.97. The molecule has 1 saturated heterocycles. The van der Waals surface area contributed by atoms with E-state index in [1.807, 2.05) is 31.3 Å². The highest BCUT2D eigenvalue weighted by molar-refractivity contribution is 5.79. The molecular formula is C16H24N2O3. The highest BCUT2D eigenvalue weighted by Crippen LogP contribution is 2.19. The molecule has 0 radical (unpaired) electrons. The first-order valence-corrected chi connectivity index (χ1v) is 7.34. The van der Waals surface area contributed by atoms with Gasteiger partial charge >= 0.3 is 0 Å². The van der Waals surface area contributed by atoms with Crippen LogP contribution < -0.4 is 14.8 Å². The molecule has 21 heavy (non-hydrogen) atoms. The molecule has 2 rings (SSSR count). The predicted molar refractivity (Wildman–Crippen MR) is 81.6 cm³/mol. The third kappa shape index (κ3) is 4.11. The minimum atomic E-state index is 0.0935. The fourth-order valence-electron chi connectivity index (χ4n) is 2.51. The maximum atomic E-state index is 12.3. The summed E-state index contributed by atoms with van der Waals surface area (Å²) in [4.78, 5) is 14.1. The molecule has 5 heteroatoms. The summed E-state index contributed by atoms with van der Waals surface area (Å²) in [7, 11) is 3.47. The highest BCUT2D eigenvalue weighted by Gasteiger charge is 2.31. The second kappa shape index (κ2) is 7.31. The first-order chi connectivity index (χ1) is 10.1. The molecule has 1 fully saturated rings. The second-order valence-corrected chi connectivity index (χ2v) is 5.53. The van der Waals surface area contributed by atoms with E-state index in [-0.39, 0.29) is 11.8 Å². The van der Waals surface area contributed by atoms with E-state index >= 15 is 0 Å². The van der Waals surface area contributed by atoms with Crippen molar-refractivity contribution < 1.29 is 14.3 Å². The van der Waals surface area contributed by atoms with Crippen molar-refractivity contribution >= 4 is 5.91 Å². The Morgan fingerprint density at radius 3 is 2.52 bits per heavy atom. The Morgan fingerprint density at radius 2 is 1.95 bits per heavy atom. The molecule has 2 atom stereocenters. The third-order valence-corrected chi connectivity index (χ3v) is 3.97. The van der Waals surface area contributed by atoms with Crippen molar-refractivity contribution in [1.82, 2.24) is 10.2 Å². The Labute approximate surface area is 126 Å². The number of amides is 1. The van der Waals surface area contributed by atoms with Gasteiger partial charge in [-0.05, 0) is 36.7 Å². The summed E-state index contributed by atoms with van der Waals surface area (Å²) in [6, 6.07) is 7.44. The SMILES string of the molecule is COc1ccc(OCCN(C)C(=O)[C@@H]2CNC[C@H]2C)cc1. The van der Waals surface area contributed by atoms with Gasteiger partial charge in [-0.3, -0.25) is 4.79 Å². The van der Waals surface area contributed by atoms with Gasteiger partial charge in [0.15, 0.2) is 0 Å². The molecule has 0 bridgehead atoms. The van der Waals surface area contributed by atoms with Crippen molar-refractivity contribution in [3.63, 3.8) is 0 Å². The van der Waals surface area contributed by atoms with Crippen LogP contribution in [0.1, 0.15) is 6.92 Å². The van der Waals surface area contributed by atoms with Crippen molar-refractivity contribution in [3.05, 3.63) is 24.3 Å². The fraction of sp³-hybridized carbons (Fsp3) is 0.562. The summed E-state index contributed by atoms with van der Waals surface area (Å²) in [6.07, 6.45) is 0. The van der Waals surface area contributed by atoms with Crippen molar-refractivity contribution in [2.75, 3.05) is 40.4 Å². The summed E-state index contributed by atoms with van der Waals surface area (Å²) in [5, 5.41) is 3.26. The van der Waals surface area contributed by atoms with Crippen LogP contribution in [0, 0.1) is 11.8 Å². The van der Waals surface area contributed by atoms with Crippen molar-refractivity contribution in [2.24, 2.45) is 11.8 Å². The maximum absolute atomic E-state index is 12.3. The normalized spacial score (nSPS) is 21.1. The Hall–Kier alpha value is -1.75. The fourth-order valence-corrected chi connectivity index (χ4v) is 2.51. The predicted octanol–water partition coefficient (Wildman–Crippen LogP) is 1.39. The van der Waals surface area contributed by atoms with Gasteiger partial charge in [0.1, 0.15) is 18.1 Å². The van der Waals surface area contributed by atoms with Crippen molar-refractivity contribution in [1.29, 1.82) is 0 Å². The topological polar surface area (TPSA) is 50.8 Å². The standard InChI is InChI=1S/C16H24N2O3/c1-12-10-17-11-15(12)16(19)18(2)8-9-21-14-6-4-13(20-3)5-7-14/h4-7,12,15,17H,8-11H2,1-3H3/t12-,15-/m1/s1. The van der Waals surface area contributed by atoms with Gasteiger partial charge in [0.05, 0.1) is 19.6 Å². The Bertz CT molecular complexity index is 461. The number of rotatable bonds is 6. The number of hydrogen-bond donors (Lipinski definition) is 1. The van der Waals surface area contributed by atoms with E-state index in [0.717, 1.165) is 24.6 Å². The van der Waals surface area contributed by atoms with Crippen LogP contribution in [-0.2, 0) is 4.79 Å². The average molecular weight is 292 g/mol. The zero-order valence-corrected chi connectivity index (χ0v) is 13.0. The van der Waals surface area contributed by atoms with E-state index < -0.39 is 0 Å². The number of carbonyl (C=O) groups is 1. The van der Waals surface area contributed by atoms with Crippen LogP contribution in [0.5, 0.6) is 11.5 Å². The number of nitrogens with zero attached hydrogens (tertiary/aromatic N) is 1. The molecule has 1 aliphatic heterocycles. The van der Waals surface area contributed by atoms with Gasteiger partial charge in [-0.25, -0.2) is 0 Å². The minimum absolute atomic E-state index is 0.0935. The molecule has 1 aromatic rings. The Balaban J connectivity index is 1.75. The van der Waals surface area contributed by atoms with Crippen LogP contribution in [0.25, 0.3) is 0 Å². The average Bonchev–Trinajstić information content (AvgIpc) is 2.93. The van der Waals surface area contributed by atoms with Crippen molar-refractivity contribution in [2.45, 2.75) is 6.92 Å². The summed E-state index contributed by atoms with van der Waals surface area (Å²) in [5.41, 5.74) is 0. The highest BCUT2D eigenvalue weighted by atomic mass is 16.5. The summed E-state index contributed by atoms with van der Waals surface area (Å²) in [6.45, 7) is 4.90. The molecule has 0 aliphatic carbocycles. The molecule has 0 aromatic heterocycles. The monoisotopic (exact) mass is 292 g/mol. The first kappa shape index (κ1) is 15.6. The van der Waals surface area contributed by atoms with Crippen molar-refractivity contribution in [3.8, 4) is 11.5 Å². The largest absolute Gasteiger partial charge is 0.497 e. The van der Waals surface area contributed by atoms with E-state index in [1.165, 1.54) is 0 Å². The van der Waals surface area contributed by atoms with E-state index in [4.69, 9.17) is 9.47 Å². The zero-order chi connectivity index (χ0) is 15.2. The molecule has 0 saturated carbocycles. The smallest absolute Gasteiger partial charge is 0.227 e. The zero-order valence-electron chi connectivity index (χ0n) is 13.0. The number of nitrogens with one attached hydrogen (secondary N) is 1. The van der Waals surface area contributed by atoms with Gasteiger partial charge < -0.3 is 19.7 Å². The number of methoxy groups -OCH3 is 1. The minimum Gasteiger partial charge on any atom is -0.497 e. The van der Waals surface area contributed by atoms with Gasteiger partial charge in [0.25, 0.3) is 0 Å². The van der Waals surface area contributed by atoms with Gasteiger partial charge in [-0.1, -0.05) is 6.92 Å². The van der Waals surface area contributed by atoms with Gasteiger partial charge in [0, 0.05) is 13.6 Å². The molecule has 1 heterocycles. The van der Waals surface area contributed by atoms with E-state index in [2.05, 4.69) is 12.2 Å². The molecule has 1 N–H and O–H groups in total. The van der Waals surface area contributed by atoms with Crippen LogP contribution in [-0.4, -0.2) is 51.2 Å². The quantitative estimate of drug-likeness (QED) is 0.861. The summed E-state index contributed by atoms with van der Waals surface area (Å²) in [5.74, 6) is 2.29. The van der Waals surface area contributed by atoms with Crippen LogP contribution in [0.4, 0.5) is 0 Å². The molecule has 116 valence electrons. The Morgan fingerprint density at radius 1 is 1.29 bits per heavy atom. The molecular weight excluding hydrogens is 268 g/mol. The summed E-state index contributed by atoms with van der Waals surface area (Å²) >= 11 is 0. The van der Waals surface area contributed by atoms with Gasteiger partial charge in [-0.2, -0.15) is 0 Å². The first-order valence-electron chi connectivity index (χ1n) is 7.34. The summed E-state index contributed by atoms with van der Waals surface area (Å²) < 4.78 is 10.7. The van der Waals surface area contributed by atoms with Crippen LogP contribution in [0.2, 0.25) is 0 Å². The number of likely N-dealkylation sites (N-methyl/N-ethyl adjacent to an activating group) is 1. The number of benzene rings is 1. The van der Waals surface area contributed by atoms with E-state index in [1.54, 1.807) is 12.0 Å². The van der Waals surface area contributed by atoms with E-state index in [0.29, 0.717) is 19.1 Å². The van der Waals surface area contributed by atoms with Crippen LogP contribution in [0.3, 0.4) is 0 Å². The lowest BCUT2D eigenvalue weighted by Gasteiger charge is -2.23. The molecule has 1 amide bonds. The number of hydrogen-bond acceptors (Lipinski definition) is 4. The third-order valence-electron chi connectivity index (χ3n) is 3.97. The molecule has 1 aromatic carbocycles.